The van der Waals surface area contributed by atoms with Crippen LogP contribution in [0.15, 0.2) is 54.6 Å². The van der Waals surface area contributed by atoms with E-state index < -0.39 is 11.7 Å². The van der Waals surface area contributed by atoms with Crippen LogP contribution in [0.1, 0.15) is 15.9 Å². The van der Waals surface area contributed by atoms with E-state index in [-0.39, 0.29) is 12.1 Å². The fourth-order valence-corrected chi connectivity index (χ4v) is 1.65. The zero-order chi connectivity index (χ0) is 15.8. The summed E-state index contributed by atoms with van der Waals surface area (Å²) in [5.41, 5.74) is 5.74. The van der Waals surface area contributed by atoms with Gasteiger partial charge in [0.2, 0.25) is 0 Å². The second kappa shape index (κ2) is 7.90. The maximum absolute atomic E-state index is 13.4. The molecule has 0 fully saturated rings. The van der Waals surface area contributed by atoms with Gasteiger partial charge in [-0.05, 0) is 24.3 Å². The van der Waals surface area contributed by atoms with Crippen molar-refractivity contribution in [3.8, 4) is 11.8 Å². The molecular formula is C16H15FN4O. The molecule has 0 heterocycles. The predicted molar refractivity (Wildman–Crippen MR) is 81.2 cm³/mol. The SMILES string of the molecule is NN(NCC#Cc1ccccc1)NC(=O)c1ccccc1F. The Morgan fingerprint density at radius 2 is 1.82 bits per heavy atom. The molecule has 0 radical (unpaired) electrons. The zero-order valence-corrected chi connectivity index (χ0v) is 11.7. The maximum atomic E-state index is 13.4. The molecule has 0 spiro atoms. The smallest absolute Gasteiger partial charge is 0.268 e. The third kappa shape index (κ3) is 4.68. The molecule has 2 aromatic carbocycles. The molecule has 4 N–H and O–H groups in total. The van der Waals surface area contributed by atoms with Crippen molar-refractivity contribution in [3.05, 3.63) is 71.5 Å². The molecule has 6 heteroatoms. The van der Waals surface area contributed by atoms with Crippen LogP contribution in [0, 0.1) is 17.7 Å². The summed E-state index contributed by atoms with van der Waals surface area (Å²) in [7, 11) is 0. The van der Waals surface area contributed by atoms with Gasteiger partial charge in [-0.2, -0.15) is 0 Å². The Balaban J connectivity index is 1.81. The zero-order valence-electron chi connectivity index (χ0n) is 11.7. The third-order valence-corrected chi connectivity index (χ3v) is 2.68. The summed E-state index contributed by atoms with van der Waals surface area (Å²) < 4.78 is 13.4. The molecule has 2 rings (SSSR count). The van der Waals surface area contributed by atoms with Crippen LogP contribution < -0.4 is 16.7 Å². The van der Waals surface area contributed by atoms with Crippen LogP contribution in [0.4, 0.5) is 4.39 Å². The van der Waals surface area contributed by atoms with Crippen LogP contribution in [0.2, 0.25) is 0 Å². The van der Waals surface area contributed by atoms with Crippen molar-refractivity contribution in [2.45, 2.75) is 0 Å². The van der Waals surface area contributed by atoms with Crippen molar-refractivity contribution in [2.24, 2.45) is 5.84 Å². The van der Waals surface area contributed by atoms with Crippen LogP contribution in [-0.4, -0.2) is 17.7 Å². The molecule has 0 atom stereocenters. The number of carbonyl (C=O) groups excluding carboxylic acids is 1. The van der Waals surface area contributed by atoms with Crippen molar-refractivity contribution in [3.63, 3.8) is 0 Å². The molecule has 112 valence electrons. The molecule has 0 saturated carbocycles. The van der Waals surface area contributed by atoms with Crippen LogP contribution in [0.25, 0.3) is 0 Å². The molecular weight excluding hydrogens is 283 g/mol. The molecule has 0 aromatic heterocycles. The number of amides is 1. The number of halogens is 1. The molecule has 0 aliphatic carbocycles. The first-order chi connectivity index (χ1) is 10.7. The maximum Gasteiger partial charge on any atom is 0.270 e. The summed E-state index contributed by atoms with van der Waals surface area (Å²) >= 11 is 0. The second-order valence-corrected chi connectivity index (χ2v) is 4.29. The van der Waals surface area contributed by atoms with E-state index in [0.29, 0.717) is 0 Å². The minimum atomic E-state index is -0.649. The average Bonchev–Trinajstić information content (AvgIpc) is 2.53. The number of nitrogens with two attached hydrogens (primary N) is 1. The van der Waals surface area contributed by atoms with E-state index in [9.17, 15) is 9.18 Å². The molecule has 2 aromatic rings. The first kappa shape index (κ1) is 15.7. The van der Waals surface area contributed by atoms with E-state index in [1.165, 1.54) is 18.2 Å². The molecule has 0 bridgehead atoms. The van der Waals surface area contributed by atoms with Crippen molar-refractivity contribution in [2.75, 3.05) is 6.54 Å². The van der Waals surface area contributed by atoms with Gasteiger partial charge in [-0.3, -0.25) is 10.2 Å². The summed E-state index contributed by atoms with van der Waals surface area (Å²) in [5, 5.41) is 0.856. The highest BCUT2D eigenvalue weighted by atomic mass is 19.1. The Morgan fingerprint density at radius 3 is 2.55 bits per heavy atom. The van der Waals surface area contributed by atoms with Crippen molar-refractivity contribution >= 4 is 5.91 Å². The highest BCUT2D eigenvalue weighted by Gasteiger charge is 2.12. The number of nitrogens with zero attached hydrogens (tertiary/aromatic N) is 1. The standard InChI is InChI=1S/C16H15FN4O/c17-15-11-5-4-10-14(15)16(22)20-21(18)19-12-6-9-13-7-2-1-3-8-13/h1-5,7-8,10-11,19H,12,18H2,(H,20,22). The van der Waals surface area contributed by atoms with Gasteiger partial charge in [0.15, 0.2) is 0 Å². The highest BCUT2D eigenvalue weighted by molar-refractivity contribution is 5.93. The van der Waals surface area contributed by atoms with Crippen molar-refractivity contribution in [1.82, 2.24) is 16.1 Å². The second-order valence-electron chi connectivity index (χ2n) is 4.29. The van der Waals surface area contributed by atoms with Gasteiger partial charge in [0.25, 0.3) is 5.91 Å². The van der Waals surface area contributed by atoms with Crippen LogP contribution in [-0.2, 0) is 0 Å². The Labute approximate surface area is 127 Å². The Bertz CT molecular complexity index is 694. The molecule has 0 saturated heterocycles. The van der Waals surface area contributed by atoms with Gasteiger partial charge in [0.1, 0.15) is 5.82 Å². The number of benzene rings is 2. The Hall–Kier alpha value is -2.72. The van der Waals surface area contributed by atoms with E-state index in [1.54, 1.807) is 6.07 Å². The lowest BCUT2D eigenvalue weighted by atomic mass is 10.2. The van der Waals surface area contributed by atoms with Gasteiger partial charge in [-0.25, -0.2) is 15.7 Å². The van der Waals surface area contributed by atoms with E-state index in [2.05, 4.69) is 22.7 Å². The van der Waals surface area contributed by atoms with Crippen LogP contribution in [0.3, 0.4) is 0 Å². The van der Waals surface area contributed by atoms with E-state index in [0.717, 1.165) is 10.8 Å². The van der Waals surface area contributed by atoms with Gasteiger partial charge in [0, 0.05) is 5.56 Å². The molecule has 5 nitrogen and oxygen atoms in total. The lowest BCUT2D eigenvalue weighted by Crippen LogP contribution is -2.55. The average molecular weight is 298 g/mol. The van der Waals surface area contributed by atoms with Gasteiger partial charge in [-0.1, -0.05) is 47.4 Å². The quantitative estimate of drug-likeness (QED) is 0.451. The molecule has 0 unspecified atom stereocenters. The Kier molecular flexibility index (Phi) is 5.63. The van der Waals surface area contributed by atoms with E-state index in [1.807, 2.05) is 30.3 Å². The topological polar surface area (TPSA) is 70.4 Å². The monoisotopic (exact) mass is 298 g/mol. The van der Waals surface area contributed by atoms with Gasteiger partial charge in [0.05, 0.1) is 12.1 Å². The highest BCUT2D eigenvalue weighted by Crippen LogP contribution is 2.05. The number of nitrogens with one attached hydrogen (secondary N) is 2. The fourth-order valence-electron chi connectivity index (χ4n) is 1.65. The molecule has 0 aliphatic rings. The van der Waals surface area contributed by atoms with Crippen LogP contribution >= 0.6 is 0 Å². The third-order valence-electron chi connectivity index (χ3n) is 2.68. The lowest BCUT2D eigenvalue weighted by molar-refractivity contribution is 0.0672. The summed E-state index contributed by atoms with van der Waals surface area (Å²) in [4.78, 5) is 11.8. The van der Waals surface area contributed by atoms with Gasteiger partial charge < -0.3 is 0 Å². The Morgan fingerprint density at radius 1 is 1.14 bits per heavy atom. The van der Waals surface area contributed by atoms with Crippen molar-refractivity contribution < 1.29 is 9.18 Å². The molecule has 22 heavy (non-hydrogen) atoms. The number of carbonyl (C=O) groups is 1. The number of hydrogen-bond acceptors (Lipinski definition) is 4. The first-order valence-electron chi connectivity index (χ1n) is 6.54. The number of hydrazine groups is 3. The molecule has 1 amide bonds. The summed E-state index contributed by atoms with van der Waals surface area (Å²) in [6, 6.07) is 15.1. The summed E-state index contributed by atoms with van der Waals surface area (Å²) in [6.07, 6.45) is 0. The van der Waals surface area contributed by atoms with Crippen molar-refractivity contribution in [1.29, 1.82) is 0 Å². The summed E-state index contributed by atoms with van der Waals surface area (Å²) in [5.74, 6) is 10.1. The normalized spacial score (nSPS) is 9.95. The summed E-state index contributed by atoms with van der Waals surface area (Å²) in [6.45, 7) is 0.225. The number of hydrogen-bond donors (Lipinski definition) is 3. The first-order valence-corrected chi connectivity index (χ1v) is 6.54. The minimum Gasteiger partial charge on any atom is -0.268 e. The molecule has 0 aliphatic heterocycles. The van der Waals surface area contributed by atoms with E-state index in [4.69, 9.17) is 5.84 Å². The lowest BCUT2D eigenvalue weighted by Gasteiger charge is -2.16. The van der Waals surface area contributed by atoms with Gasteiger partial charge in [-0.15, -0.1) is 0 Å². The van der Waals surface area contributed by atoms with E-state index >= 15 is 0 Å². The van der Waals surface area contributed by atoms with Crippen LogP contribution in [0.5, 0.6) is 0 Å². The predicted octanol–water partition coefficient (Wildman–Crippen LogP) is 1.20. The minimum absolute atomic E-state index is 0.0879. The largest absolute Gasteiger partial charge is 0.270 e. The fraction of sp³-hybridized carbons (Fsp3) is 0.0625. The number of rotatable bonds is 4. The van der Waals surface area contributed by atoms with Gasteiger partial charge >= 0.3 is 0 Å².